The van der Waals surface area contributed by atoms with Gasteiger partial charge in [0.2, 0.25) is 0 Å². The van der Waals surface area contributed by atoms with E-state index in [9.17, 15) is 14.4 Å². The van der Waals surface area contributed by atoms with Crippen LogP contribution in [0.25, 0.3) is 0 Å². The van der Waals surface area contributed by atoms with E-state index >= 15 is 0 Å². The van der Waals surface area contributed by atoms with Crippen LogP contribution < -0.4 is 5.32 Å². The molecular formula is C18H15NO3. The van der Waals surface area contributed by atoms with Crippen LogP contribution in [0, 0.1) is 0 Å². The van der Waals surface area contributed by atoms with Crippen LogP contribution in [0.4, 0.5) is 5.69 Å². The minimum absolute atomic E-state index is 0.169. The minimum Gasteiger partial charge on any atom is -0.322 e. The predicted octanol–water partition coefficient (Wildman–Crippen LogP) is 3.02. The van der Waals surface area contributed by atoms with Crippen LogP contribution in [-0.2, 0) is 9.59 Å². The number of nitrogens with one attached hydrogen (secondary N) is 1. The molecule has 2 aromatic carbocycles. The van der Waals surface area contributed by atoms with Crippen molar-refractivity contribution in [3.63, 3.8) is 0 Å². The number of amides is 1. The minimum atomic E-state index is -0.594. The Morgan fingerprint density at radius 2 is 1.41 bits per heavy atom. The zero-order chi connectivity index (χ0) is 15.9. The van der Waals surface area contributed by atoms with Crippen LogP contribution in [-0.4, -0.2) is 17.5 Å². The van der Waals surface area contributed by atoms with Crippen molar-refractivity contribution in [2.24, 2.45) is 0 Å². The van der Waals surface area contributed by atoms with Crippen molar-refractivity contribution in [1.82, 2.24) is 0 Å². The van der Waals surface area contributed by atoms with Crippen LogP contribution in [0.1, 0.15) is 17.3 Å². The molecule has 0 fully saturated rings. The molecule has 0 aromatic heterocycles. The molecule has 2 aromatic rings. The molecule has 4 heteroatoms. The molecule has 0 radical (unpaired) electrons. The van der Waals surface area contributed by atoms with Gasteiger partial charge in [0.25, 0.3) is 5.91 Å². The monoisotopic (exact) mass is 293 g/mol. The lowest BCUT2D eigenvalue weighted by Crippen LogP contribution is -2.20. The first-order chi connectivity index (χ1) is 10.6. The summed E-state index contributed by atoms with van der Waals surface area (Å²) in [5.74, 6) is -1.44. The van der Waals surface area contributed by atoms with Gasteiger partial charge in [0.1, 0.15) is 0 Å². The standard InChI is InChI=1S/C18H15NO3/c1-13(20)16(12-17(21)14-8-4-2-5-9-14)18(22)19-15-10-6-3-7-11-15/h2-12H,1H3,(H,19,22)/b16-12+. The molecule has 0 unspecified atom stereocenters. The molecule has 0 bridgehead atoms. The summed E-state index contributed by atoms with van der Waals surface area (Å²) in [6, 6.07) is 17.2. The quantitative estimate of drug-likeness (QED) is 0.399. The number of benzene rings is 2. The molecule has 0 atom stereocenters. The van der Waals surface area contributed by atoms with Gasteiger partial charge >= 0.3 is 0 Å². The van der Waals surface area contributed by atoms with Crippen LogP contribution in [0.5, 0.6) is 0 Å². The molecule has 0 saturated carbocycles. The number of anilines is 1. The molecule has 110 valence electrons. The van der Waals surface area contributed by atoms with E-state index in [2.05, 4.69) is 5.32 Å². The third-order valence-corrected chi connectivity index (χ3v) is 2.99. The van der Waals surface area contributed by atoms with Crippen molar-refractivity contribution in [3.05, 3.63) is 77.9 Å². The summed E-state index contributed by atoms with van der Waals surface area (Å²) in [4.78, 5) is 35.9. The lowest BCUT2D eigenvalue weighted by Gasteiger charge is -2.06. The third kappa shape index (κ3) is 3.99. The number of hydrogen-bond acceptors (Lipinski definition) is 3. The number of allylic oxidation sites excluding steroid dienone is 1. The smallest absolute Gasteiger partial charge is 0.259 e. The second-order valence-corrected chi connectivity index (χ2v) is 4.66. The van der Waals surface area contributed by atoms with E-state index in [1.165, 1.54) is 6.92 Å². The molecule has 4 nitrogen and oxygen atoms in total. The third-order valence-electron chi connectivity index (χ3n) is 2.99. The zero-order valence-electron chi connectivity index (χ0n) is 12.1. The first-order valence-corrected chi connectivity index (χ1v) is 6.76. The summed E-state index contributed by atoms with van der Waals surface area (Å²) in [6.07, 6.45) is 1.08. The topological polar surface area (TPSA) is 63.2 Å². The predicted molar refractivity (Wildman–Crippen MR) is 84.6 cm³/mol. The fourth-order valence-electron chi connectivity index (χ4n) is 1.86. The summed E-state index contributed by atoms with van der Waals surface area (Å²) in [5.41, 5.74) is 0.818. The molecule has 0 aliphatic rings. The van der Waals surface area contributed by atoms with Gasteiger partial charge in [0.15, 0.2) is 11.6 Å². The summed E-state index contributed by atoms with van der Waals surface area (Å²) in [5, 5.41) is 2.60. The van der Waals surface area contributed by atoms with Gasteiger partial charge in [0, 0.05) is 17.3 Å². The summed E-state index contributed by atoms with van der Waals surface area (Å²) in [7, 11) is 0. The van der Waals surface area contributed by atoms with E-state index in [4.69, 9.17) is 0 Å². The van der Waals surface area contributed by atoms with Gasteiger partial charge < -0.3 is 5.32 Å². The molecule has 0 spiro atoms. The molecule has 0 heterocycles. The van der Waals surface area contributed by atoms with Crippen molar-refractivity contribution in [3.8, 4) is 0 Å². The SMILES string of the molecule is CC(=O)/C(=C\C(=O)c1ccccc1)C(=O)Nc1ccccc1. The van der Waals surface area contributed by atoms with Crippen LogP contribution in [0.3, 0.4) is 0 Å². The van der Waals surface area contributed by atoms with E-state index in [1.54, 1.807) is 54.6 Å². The van der Waals surface area contributed by atoms with Crippen LogP contribution in [0.2, 0.25) is 0 Å². The number of rotatable bonds is 5. The maximum absolute atomic E-state index is 12.2. The molecule has 1 amide bonds. The maximum atomic E-state index is 12.2. The molecule has 2 rings (SSSR count). The zero-order valence-corrected chi connectivity index (χ0v) is 12.1. The van der Waals surface area contributed by atoms with Crippen molar-refractivity contribution >= 4 is 23.2 Å². The largest absolute Gasteiger partial charge is 0.322 e. The highest BCUT2D eigenvalue weighted by Crippen LogP contribution is 2.10. The lowest BCUT2D eigenvalue weighted by atomic mass is 10.1. The van der Waals surface area contributed by atoms with Gasteiger partial charge in [-0.25, -0.2) is 0 Å². The van der Waals surface area contributed by atoms with Gasteiger partial charge in [-0.1, -0.05) is 48.5 Å². The van der Waals surface area contributed by atoms with Gasteiger partial charge in [-0.3, -0.25) is 14.4 Å². The maximum Gasteiger partial charge on any atom is 0.259 e. The average molecular weight is 293 g/mol. The Morgan fingerprint density at radius 3 is 1.95 bits per heavy atom. The molecule has 22 heavy (non-hydrogen) atoms. The Hall–Kier alpha value is -3.01. The molecule has 0 aliphatic heterocycles. The second-order valence-electron chi connectivity index (χ2n) is 4.66. The van der Waals surface area contributed by atoms with E-state index in [0.29, 0.717) is 11.3 Å². The fourth-order valence-corrected chi connectivity index (χ4v) is 1.86. The summed E-state index contributed by atoms with van der Waals surface area (Å²) >= 11 is 0. The van der Waals surface area contributed by atoms with Crippen molar-refractivity contribution < 1.29 is 14.4 Å². The Kier molecular flexibility index (Phi) is 4.98. The number of hydrogen-bond donors (Lipinski definition) is 1. The first-order valence-electron chi connectivity index (χ1n) is 6.76. The Labute approximate surface area is 128 Å². The van der Waals surface area contributed by atoms with Gasteiger partial charge in [-0.2, -0.15) is 0 Å². The van der Waals surface area contributed by atoms with Gasteiger partial charge in [-0.15, -0.1) is 0 Å². The van der Waals surface area contributed by atoms with E-state index < -0.39 is 11.7 Å². The van der Waals surface area contributed by atoms with Crippen molar-refractivity contribution in [2.75, 3.05) is 5.32 Å². The number of carbonyl (C=O) groups is 3. The van der Waals surface area contributed by atoms with E-state index in [1.807, 2.05) is 6.07 Å². The Bertz CT molecular complexity index is 719. The van der Waals surface area contributed by atoms with Gasteiger partial charge in [-0.05, 0) is 19.1 Å². The number of ketones is 2. The van der Waals surface area contributed by atoms with Crippen LogP contribution in [0.15, 0.2) is 72.3 Å². The Morgan fingerprint density at radius 1 is 0.864 bits per heavy atom. The molecular weight excluding hydrogens is 278 g/mol. The van der Waals surface area contributed by atoms with Crippen molar-refractivity contribution in [2.45, 2.75) is 6.92 Å². The van der Waals surface area contributed by atoms with E-state index in [-0.39, 0.29) is 11.4 Å². The lowest BCUT2D eigenvalue weighted by molar-refractivity contribution is -0.118. The fraction of sp³-hybridized carbons (Fsp3) is 0.0556. The number of carbonyl (C=O) groups excluding carboxylic acids is 3. The molecule has 0 aliphatic carbocycles. The highest BCUT2D eigenvalue weighted by atomic mass is 16.2. The number of Topliss-reactive ketones (excluding diaryl/α,β-unsaturated/α-hetero) is 1. The average Bonchev–Trinajstić information content (AvgIpc) is 2.53. The Balaban J connectivity index is 2.23. The van der Waals surface area contributed by atoms with Crippen LogP contribution >= 0.6 is 0 Å². The number of para-hydroxylation sites is 1. The molecule has 1 N–H and O–H groups in total. The molecule has 0 saturated heterocycles. The first kappa shape index (κ1) is 15.4. The normalized spacial score (nSPS) is 10.9. The summed E-state index contributed by atoms with van der Waals surface area (Å²) in [6.45, 7) is 1.26. The van der Waals surface area contributed by atoms with Gasteiger partial charge in [0.05, 0.1) is 5.57 Å². The van der Waals surface area contributed by atoms with Crippen molar-refractivity contribution in [1.29, 1.82) is 0 Å². The highest BCUT2D eigenvalue weighted by Gasteiger charge is 2.17. The second kappa shape index (κ2) is 7.13. The summed E-state index contributed by atoms with van der Waals surface area (Å²) < 4.78 is 0. The van der Waals surface area contributed by atoms with E-state index in [0.717, 1.165) is 6.08 Å². The highest BCUT2D eigenvalue weighted by molar-refractivity contribution is 6.26.